The van der Waals surface area contributed by atoms with Gasteiger partial charge in [-0.2, -0.15) is 0 Å². The highest BCUT2D eigenvalue weighted by Gasteiger charge is 2.11. The van der Waals surface area contributed by atoms with E-state index in [0.717, 1.165) is 37.9 Å². The summed E-state index contributed by atoms with van der Waals surface area (Å²) in [4.78, 5) is 11.1. The van der Waals surface area contributed by atoms with E-state index in [1.807, 2.05) is 0 Å². The first-order chi connectivity index (χ1) is 15.0. The summed E-state index contributed by atoms with van der Waals surface area (Å²) in [5.74, 6) is -0.903. The van der Waals surface area contributed by atoms with Crippen LogP contribution in [0.25, 0.3) is 0 Å². The van der Waals surface area contributed by atoms with Crippen molar-refractivity contribution in [2.24, 2.45) is 0 Å². The average molecular weight is 447 g/mol. The Bertz CT molecular complexity index is 868. The molecule has 6 nitrogen and oxygen atoms in total. The highest BCUT2D eigenvalue weighted by molar-refractivity contribution is 7.89. The minimum absolute atomic E-state index is 0.305. The van der Waals surface area contributed by atoms with Gasteiger partial charge in [0.05, 0.1) is 10.5 Å². The van der Waals surface area contributed by atoms with E-state index in [9.17, 15) is 13.2 Å². The predicted molar refractivity (Wildman–Crippen MR) is 125 cm³/mol. The molecule has 0 radical (unpaired) electrons. The Morgan fingerprint density at radius 3 is 1.77 bits per heavy atom. The largest absolute Gasteiger partial charge is 0.478 e. The Balaban J connectivity index is 1.39. The second kappa shape index (κ2) is 13.8. The maximum absolute atomic E-state index is 12.1. The maximum Gasteiger partial charge on any atom is 0.335 e. The Labute approximate surface area is 186 Å². The molecule has 2 rings (SSSR count). The summed E-state index contributed by atoms with van der Waals surface area (Å²) in [6, 6.07) is 15.3. The number of benzene rings is 2. The SMILES string of the molecule is O=C(O)c1ccc(NCCCCCCCCCCCNS(=O)(=O)c2ccccc2)cc1. The Morgan fingerprint density at radius 1 is 0.710 bits per heavy atom. The summed E-state index contributed by atoms with van der Waals surface area (Å²) in [6.45, 7) is 1.38. The predicted octanol–water partition coefficient (Wildman–Crippen LogP) is 5.29. The van der Waals surface area contributed by atoms with Gasteiger partial charge in [-0.3, -0.25) is 0 Å². The fraction of sp³-hybridized carbons (Fsp3) is 0.458. The zero-order valence-electron chi connectivity index (χ0n) is 18.1. The lowest BCUT2D eigenvalue weighted by atomic mass is 10.1. The Hall–Kier alpha value is -2.38. The Kier molecular flexibility index (Phi) is 11.1. The molecule has 0 atom stereocenters. The molecule has 0 aromatic heterocycles. The van der Waals surface area contributed by atoms with Gasteiger partial charge in [-0.05, 0) is 49.2 Å². The number of nitrogens with one attached hydrogen (secondary N) is 2. The van der Waals surface area contributed by atoms with Crippen LogP contribution >= 0.6 is 0 Å². The molecular formula is C24H34N2O4S. The van der Waals surface area contributed by atoms with Crippen molar-refractivity contribution in [3.05, 3.63) is 60.2 Å². The van der Waals surface area contributed by atoms with Crippen LogP contribution in [0.1, 0.15) is 68.1 Å². The number of sulfonamides is 1. The first-order valence-corrected chi connectivity index (χ1v) is 12.6. The molecule has 2 aromatic rings. The normalized spacial score (nSPS) is 11.4. The number of carbonyl (C=O) groups is 1. The number of carboxylic acid groups (broad SMARTS) is 1. The first-order valence-electron chi connectivity index (χ1n) is 11.1. The number of hydrogen-bond acceptors (Lipinski definition) is 4. The summed E-state index contributed by atoms with van der Waals surface area (Å²) >= 11 is 0. The van der Waals surface area contributed by atoms with E-state index < -0.39 is 16.0 Å². The number of anilines is 1. The van der Waals surface area contributed by atoms with Crippen molar-refractivity contribution in [1.29, 1.82) is 0 Å². The van der Waals surface area contributed by atoms with Crippen molar-refractivity contribution in [2.45, 2.75) is 62.7 Å². The van der Waals surface area contributed by atoms with Crippen molar-refractivity contribution in [1.82, 2.24) is 4.72 Å². The summed E-state index contributed by atoms with van der Waals surface area (Å²) in [6.07, 6.45) is 10.2. The molecule has 0 aliphatic heterocycles. The average Bonchev–Trinajstić information content (AvgIpc) is 2.78. The lowest BCUT2D eigenvalue weighted by Gasteiger charge is -2.07. The van der Waals surface area contributed by atoms with Crippen molar-refractivity contribution in [2.75, 3.05) is 18.4 Å². The monoisotopic (exact) mass is 446 g/mol. The highest BCUT2D eigenvalue weighted by atomic mass is 32.2. The molecule has 0 heterocycles. The standard InChI is InChI=1S/C24H34N2O4S/c27-24(28)21-15-17-22(18-16-21)25-19-11-6-4-2-1-3-5-7-12-20-26-31(29,30)23-13-9-8-10-14-23/h8-10,13-18,25-26H,1-7,11-12,19-20H2,(H,27,28). The minimum atomic E-state index is -3.37. The van der Waals surface area contributed by atoms with E-state index in [0.29, 0.717) is 17.0 Å². The van der Waals surface area contributed by atoms with Crippen LogP contribution in [0.15, 0.2) is 59.5 Å². The van der Waals surface area contributed by atoms with Crippen LogP contribution in [-0.2, 0) is 10.0 Å². The van der Waals surface area contributed by atoms with Crippen LogP contribution in [0.2, 0.25) is 0 Å². The van der Waals surface area contributed by atoms with Gasteiger partial charge >= 0.3 is 5.97 Å². The van der Waals surface area contributed by atoms with Gasteiger partial charge in [0.2, 0.25) is 10.0 Å². The molecule has 0 spiro atoms. The van der Waals surface area contributed by atoms with Gasteiger partial charge in [0, 0.05) is 18.8 Å². The molecular weight excluding hydrogens is 412 g/mol. The molecule has 0 amide bonds. The highest BCUT2D eigenvalue weighted by Crippen LogP contribution is 2.12. The van der Waals surface area contributed by atoms with Gasteiger partial charge in [-0.15, -0.1) is 0 Å². The zero-order chi connectivity index (χ0) is 22.4. The summed E-state index contributed by atoms with van der Waals surface area (Å²) < 4.78 is 26.9. The molecule has 0 bridgehead atoms. The first kappa shape index (κ1) is 24.9. The van der Waals surface area contributed by atoms with Crippen molar-refractivity contribution in [3.63, 3.8) is 0 Å². The summed E-state index contributed by atoms with van der Waals surface area (Å²) in [5, 5.41) is 12.2. The third-order valence-electron chi connectivity index (χ3n) is 5.16. The quantitative estimate of drug-likeness (QED) is 0.305. The number of carboxylic acids is 1. The molecule has 3 N–H and O–H groups in total. The molecule has 170 valence electrons. The smallest absolute Gasteiger partial charge is 0.335 e. The molecule has 2 aromatic carbocycles. The van der Waals surface area contributed by atoms with Gasteiger partial charge in [-0.1, -0.05) is 63.1 Å². The van der Waals surface area contributed by atoms with Crippen LogP contribution in [0.3, 0.4) is 0 Å². The summed E-state index contributed by atoms with van der Waals surface area (Å²) in [5.41, 5.74) is 1.26. The van der Waals surface area contributed by atoms with Crippen LogP contribution in [0, 0.1) is 0 Å². The van der Waals surface area contributed by atoms with E-state index in [4.69, 9.17) is 5.11 Å². The third-order valence-corrected chi connectivity index (χ3v) is 6.64. The van der Waals surface area contributed by atoms with E-state index >= 15 is 0 Å². The molecule has 0 aliphatic rings. The van der Waals surface area contributed by atoms with Crippen molar-refractivity contribution in [3.8, 4) is 0 Å². The van der Waals surface area contributed by atoms with Crippen LogP contribution in [0.5, 0.6) is 0 Å². The van der Waals surface area contributed by atoms with E-state index in [-0.39, 0.29) is 0 Å². The molecule has 0 saturated heterocycles. The summed E-state index contributed by atoms with van der Waals surface area (Å²) in [7, 11) is -3.37. The zero-order valence-corrected chi connectivity index (χ0v) is 18.9. The van der Waals surface area contributed by atoms with Gasteiger partial charge in [0.25, 0.3) is 0 Å². The van der Waals surface area contributed by atoms with Crippen LogP contribution in [-0.4, -0.2) is 32.6 Å². The number of rotatable bonds is 16. The van der Waals surface area contributed by atoms with Gasteiger partial charge in [0.15, 0.2) is 0 Å². The topological polar surface area (TPSA) is 95.5 Å². The Morgan fingerprint density at radius 2 is 1.23 bits per heavy atom. The minimum Gasteiger partial charge on any atom is -0.478 e. The molecule has 0 fully saturated rings. The fourth-order valence-corrected chi connectivity index (χ4v) is 4.44. The molecule has 7 heteroatoms. The molecule has 0 saturated carbocycles. The van der Waals surface area contributed by atoms with E-state index in [1.165, 1.54) is 32.1 Å². The van der Waals surface area contributed by atoms with Crippen LogP contribution in [0.4, 0.5) is 5.69 Å². The van der Waals surface area contributed by atoms with Crippen molar-refractivity contribution < 1.29 is 18.3 Å². The lowest BCUT2D eigenvalue weighted by Crippen LogP contribution is -2.24. The third kappa shape index (κ3) is 9.98. The number of aromatic carboxylic acids is 1. The van der Waals surface area contributed by atoms with Gasteiger partial charge in [-0.25, -0.2) is 17.9 Å². The van der Waals surface area contributed by atoms with Crippen LogP contribution < -0.4 is 10.0 Å². The second-order valence-corrected chi connectivity index (χ2v) is 9.47. The van der Waals surface area contributed by atoms with Gasteiger partial charge in [0.1, 0.15) is 0 Å². The fourth-order valence-electron chi connectivity index (χ4n) is 3.34. The molecule has 0 aliphatic carbocycles. The molecule has 31 heavy (non-hydrogen) atoms. The number of hydrogen-bond donors (Lipinski definition) is 3. The second-order valence-electron chi connectivity index (χ2n) is 7.70. The van der Waals surface area contributed by atoms with E-state index in [1.54, 1.807) is 54.6 Å². The molecule has 0 unspecified atom stereocenters. The maximum atomic E-state index is 12.1. The number of unbranched alkanes of at least 4 members (excludes halogenated alkanes) is 8. The van der Waals surface area contributed by atoms with E-state index in [2.05, 4.69) is 10.0 Å². The lowest BCUT2D eigenvalue weighted by molar-refractivity contribution is 0.0697. The van der Waals surface area contributed by atoms with Crippen molar-refractivity contribution >= 4 is 21.7 Å². The van der Waals surface area contributed by atoms with Gasteiger partial charge < -0.3 is 10.4 Å².